The average Bonchev–Trinajstić information content (AvgIpc) is 2.29. The van der Waals surface area contributed by atoms with Crippen molar-refractivity contribution in [3.8, 4) is 0 Å². The predicted octanol–water partition coefficient (Wildman–Crippen LogP) is 0.642. The number of aryl methyl sites for hydroxylation is 1. The molecular formula is C12H17N3O2. The van der Waals surface area contributed by atoms with E-state index in [1.54, 1.807) is 25.2 Å². The Bertz CT molecular complexity index is 430. The third kappa shape index (κ3) is 3.88. The van der Waals surface area contributed by atoms with Crippen molar-refractivity contribution in [2.45, 2.75) is 13.3 Å². The molecule has 4 N–H and O–H groups in total. The van der Waals surface area contributed by atoms with Crippen molar-refractivity contribution in [3.05, 3.63) is 29.3 Å². The van der Waals surface area contributed by atoms with Crippen LogP contribution in [-0.4, -0.2) is 25.4 Å². The van der Waals surface area contributed by atoms with Gasteiger partial charge in [0.25, 0.3) is 0 Å². The predicted molar refractivity (Wildman–Crippen MR) is 66.9 cm³/mol. The summed E-state index contributed by atoms with van der Waals surface area (Å²) in [4.78, 5) is 22.6. The van der Waals surface area contributed by atoms with Gasteiger partial charge in [-0.2, -0.15) is 0 Å². The van der Waals surface area contributed by atoms with E-state index < -0.39 is 5.91 Å². The lowest BCUT2D eigenvalue weighted by molar-refractivity contribution is -0.116. The molecule has 1 aromatic carbocycles. The van der Waals surface area contributed by atoms with E-state index in [0.29, 0.717) is 24.2 Å². The van der Waals surface area contributed by atoms with Crippen LogP contribution in [0.5, 0.6) is 0 Å². The van der Waals surface area contributed by atoms with Gasteiger partial charge < -0.3 is 16.4 Å². The lowest BCUT2D eigenvalue weighted by Gasteiger charge is -2.09. The first kappa shape index (κ1) is 13.2. The van der Waals surface area contributed by atoms with E-state index in [1.807, 2.05) is 6.92 Å². The lowest BCUT2D eigenvalue weighted by Crippen LogP contribution is -2.19. The second kappa shape index (κ2) is 6.00. The van der Waals surface area contributed by atoms with Crippen molar-refractivity contribution in [1.82, 2.24) is 5.32 Å². The normalized spacial score (nSPS) is 10.0. The van der Waals surface area contributed by atoms with Crippen LogP contribution in [-0.2, 0) is 4.79 Å². The summed E-state index contributed by atoms with van der Waals surface area (Å²) in [6.07, 6.45) is 0.386. The third-order valence-corrected chi connectivity index (χ3v) is 2.40. The molecule has 0 aromatic heterocycles. The number of amides is 2. The fourth-order valence-corrected chi connectivity index (χ4v) is 1.36. The van der Waals surface area contributed by atoms with Gasteiger partial charge in [-0.3, -0.25) is 9.59 Å². The number of carbonyl (C=O) groups excluding carboxylic acids is 2. The molecule has 5 nitrogen and oxygen atoms in total. The quantitative estimate of drug-likeness (QED) is 0.700. The molecule has 92 valence electrons. The van der Waals surface area contributed by atoms with Gasteiger partial charge in [-0.25, -0.2) is 0 Å². The van der Waals surface area contributed by atoms with Crippen molar-refractivity contribution in [2.75, 3.05) is 18.9 Å². The van der Waals surface area contributed by atoms with Gasteiger partial charge in [0.2, 0.25) is 11.8 Å². The average molecular weight is 235 g/mol. The lowest BCUT2D eigenvalue weighted by atomic mass is 10.1. The molecule has 2 amide bonds. The monoisotopic (exact) mass is 235 g/mol. The number of nitrogens with two attached hydrogens (primary N) is 1. The second-order valence-corrected chi connectivity index (χ2v) is 3.80. The molecule has 0 saturated carbocycles. The number of benzene rings is 1. The van der Waals surface area contributed by atoms with Gasteiger partial charge in [0, 0.05) is 24.2 Å². The summed E-state index contributed by atoms with van der Waals surface area (Å²) < 4.78 is 0. The Morgan fingerprint density at radius 3 is 2.65 bits per heavy atom. The molecule has 5 heteroatoms. The third-order valence-electron chi connectivity index (χ3n) is 2.40. The molecule has 17 heavy (non-hydrogen) atoms. The van der Waals surface area contributed by atoms with Crippen LogP contribution in [0.25, 0.3) is 0 Å². The highest BCUT2D eigenvalue weighted by Gasteiger charge is 2.07. The van der Waals surface area contributed by atoms with E-state index in [9.17, 15) is 9.59 Å². The summed E-state index contributed by atoms with van der Waals surface area (Å²) in [5, 5.41) is 5.65. The fourth-order valence-electron chi connectivity index (χ4n) is 1.36. The first-order valence-corrected chi connectivity index (χ1v) is 5.39. The molecule has 0 unspecified atom stereocenters. The summed E-state index contributed by atoms with van der Waals surface area (Å²) in [6, 6.07) is 4.99. The zero-order chi connectivity index (χ0) is 12.8. The van der Waals surface area contributed by atoms with E-state index in [2.05, 4.69) is 10.6 Å². The van der Waals surface area contributed by atoms with E-state index in [4.69, 9.17) is 5.73 Å². The Labute approximate surface area is 100 Å². The van der Waals surface area contributed by atoms with Gasteiger partial charge in [0.05, 0.1) is 0 Å². The first-order chi connectivity index (χ1) is 8.04. The van der Waals surface area contributed by atoms with Crippen LogP contribution in [0.15, 0.2) is 18.2 Å². The fraction of sp³-hybridized carbons (Fsp3) is 0.333. The van der Waals surface area contributed by atoms with Crippen molar-refractivity contribution < 1.29 is 9.59 Å². The van der Waals surface area contributed by atoms with Gasteiger partial charge in [-0.1, -0.05) is 6.07 Å². The number of rotatable bonds is 5. The smallest absolute Gasteiger partial charge is 0.248 e. The molecule has 0 aliphatic heterocycles. The molecule has 0 fully saturated rings. The zero-order valence-corrected chi connectivity index (χ0v) is 10.0. The summed E-state index contributed by atoms with van der Waals surface area (Å²) >= 11 is 0. The number of nitrogens with one attached hydrogen (secondary N) is 2. The SMILES string of the molecule is CNCCC(=O)Nc1cc(C(N)=O)ccc1C. The summed E-state index contributed by atoms with van der Waals surface area (Å²) in [5.41, 5.74) is 7.09. The van der Waals surface area contributed by atoms with Gasteiger partial charge in [-0.05, 0) is 31.7 Å². The van der Waals surface area contributed by atoms with Gasteiger partial charge in [0.1, 0.15) is 0 Å². The molecule has 0 heterocycles. The van der Waals surface area contributed by atoms with Gasteiger partial charge in [0.15, 0.2) is 0 Å². The van der Waals surface area contributed by atoms with E-state index in [1.165, 1.54) is 0 Å². The molecule has 0 spiro atoms. The molecular weight excluding hydrogens is 218 g/mol. The van der Waals surface area contributed by atoms with Crippen LogP contribution < -0.4 is 16.4 Å². The highest BCUT2D eigenvalue weighted by molar-refractivity contribution is 5.96. The molecule has 0 radical (unpaired) electrons. The Kier molecular flexibility index (Phi) is 4.66. The van der Waals surface area contributed by atoms with Crippen molar-refractivity contribution in [1.29, 1.82) is 0 Å². The molecule has 0 aliphatic rings. The highest BCUT2D eigenvalue weighted by Crippen LogP contribution is 2.16. The van der Waals surface area contributed by atoms with Crippen LogP contribution >= 0.6 is 0 Å². The molecule has 0 aliphatic carbocycles. The minimum atomic E-state index is -0.504. The highest BCUT2D eigenvalue weighted by atomic mass is 16.2. The molecule has 1 aromatic rings. The summed E-state index contributed by atoms with van der Waals surface area (Å²) in [5.74, 6) is -0.597. The van der Waals surface area contributed by atoms with E-state index >= 15 is 0 Å². The number of primary amides is 1. The number of hydrogen-bond acceptors (Lipinski definition) is 3. The number of anilines is 1. The maximum Gasteiger partial charge on any atom is 0.248 e. The van der Waals surface area contributed by atoms with Crippen LogP contribution in [0.1, 0.15) is 22.3 Å². The van der Waals surface area contributed by atoms with Crippen LogP contribution in [0.4, 0.5) is 5.69 Å². The molecule has 0 atom stereocenters. The van der Waals surface area contributed by atoms with Crippen LogP contribution in [0.2, 0.25) is 0 Å². The van der Waals surface area contributed by atoms with Crippen molar-refractivity contribution in [3.63, 3.8) is 0 Å². The molecule has 0 bridgehead atoms. The van der Waals surface area contributed by atoms with E-state index in [-0.39, 0.29) is 5.91 Å². The summed E-state index contributed by atoms with van der Waals surface area (Å²) in [6.45, 7) is 2.47. The zero-order valence-electron chi connectivity index (χ0n) is 10.0. The largest absolute Gasteiger partial charge is 0.366 e. The maximum atomic E-state index is 11.5. The molecule has 0 saturated heterocycles. The van der Waals surface area contributed by atoms with Crippen LogP contribution in [0.3, 0.4) is 0 Å². The Morgan fingerprint density at radius 1 is 1.35 bits per heavy atom. The van der Waals surface area contributed by atoms with Crippen molar-refractivity contribution in [2.24, 2.45) is 5.73 Å². The standard InChI is InChI=1S/C12H17N3O2/c1-8-3-4-9(12(13)17)7-10(8)15-11(16)5-6-14-2/h3-4,7,14H,5-6H2,1-2H3,(H2,13,17)(H,15,16). The summed E-state index contributed by atoms with van der Waals surface area (Å²) in [7, 11) is 1.78. The Hall–Kier alpha value is -1.88. The van der Waals surface area contributed by atoms with E-state index in [0.717, 1.165) is 5.56 Å². The Morgan fingerprint density at radius 2 is 2.06 bits per heavy atom. The maximum absolute atomic E-state index is 11.5. The second-order valence-electron chi connectivity index (χ2n) is 3.80. The minimum Gasteiger partial charge on any atom is -0.366 e. The minimum absolute atomic E-state index is 0.0935. The van der Waals surface area contributed by atoms with Gasteiger partial charge in [-0.15, -0.1) is 0 Å². The van der Waals surface area contributed by atoms with Crippen LogP contribution in [0, 0.1) is 6.92 Å². The number of hydrogen-bond donors (Lipinski definition) is 3. The first-order valence-electron chi connectivity index (χ1n) is 5.39. The van der Waals surface area contributed by atoms with Crippen molar-refractivity contribution >= 4 is 17.5 Å². The number of carbonyl (C=O) groups is 2. The Balaban J connectivity index is 2.79. The molecule has 1 rings (SSSR count). The topological polar surface area (TPSA) is 84.2 Å². The van der Waals surface area contributed by atoms with Gasteiger partial charge >= 0.3 is 0 Å².